The van der Waals surface area contributed by atoms with Crippen LogP contribution in [0.2, 0.25) is 0 Å². The van der Waals surface area contributed by atoms with Gasteiger partial charge in [-0.3, -0.25) is 0 Å². The molecule has 0 radical (unpaired) electrons. The molecule has 1 aromatic rings. The molecule has 82 valence electrons. The highest BCUT2D eigenvalue weighted by atomic mass is 32.2. The number of rotatable bonds is 2. The van der Waals surface area contributed by atoms with Gasteiger partial charge in [0.2, 0.25) is 0 Å². The lowest BCUT2D eigenvalue weighted by atomic mass is 10.0. The minimum atomic E-state index is -3.30. The molecule has 3 N–H and O–H groups in total. The second-order valence-corrected chi connectivity index (χ2v) is 5.50. The Hall–Kier alpha value is -1.11. The van der Waals surface area contributed by atoms with Crippen LogP contribution >= 0.6 is 0 Å². The number of fused-ring (bicyclic) bond motifs is 1. The quantitative estimate of drug-likeness (QED) is 0.705. The highest BCUT2D eigenvalue weighted by molar-refractivity contribution is 7.91. The van der Waals surface area contributed by atoms with Gasteiger partial charge in [0.05, 0.1) is 17.3 Å². The summed E-state index contributed by atoms with van der Waals surface area (Å²) >= 11 is 0. The van der Waals surface area contributed by atoms with Gasteiger partial charge in [-0.15, -0.1) is 0 Å². The first kappa shape index (κ1) is 10.4. The van der Waals surface area contributed by atoms with Gasteiger partial charge in [-0.25, -0.2) is 14.3 Å². The first-order valence-electron chi connectivity index (χ1n) is 4.42. The minimum Gasteiger partial charge on any atom is -0.508 e. The van der Waals surface area contributed by atoms with Crippen molar-refractivity contribution in [1.82, 2.24) is 0 Å². The summed E-state index contributed by atoms with van der Waals surface area (Å²) in [4.78, 5) is 4.64. The van der Waals surface area contributed by atoms with Crippen molar-refractivity contribution in [1.29, 1.82) is 0 Å². The van der Waals surface area contributed by atoms with Gasteiger partial charge in [0.25, 0.3) is 0 Å². The van der Waals surface area contributed by atoms with E-state index in [0.717, 1.165) is 0 Å². The molecule has 1 aromatic carbocycles. The molecule has 1 atom stereocenters. The Bertz CT molecular complexity index is 483. The Balaban J connectivity index is 2.59. The number of benzene rings is 1. The standard InChI is InChI=1S/C9H11NO4S/c10-14-4-6-5-15(12,13)8-3-1-2-7(11)9(6)8/h1-3,6,11H,4-5,10H2. The van der Waals surface area contributed by atoms with Crippen LogP contribution in [0.15, 0.2) is 23.1 Å². The van der Waals surface area contributed by atoms with Crippen LogP contribution in [0.3, 0.4) is 0 Å². The van der Waals surface area contributed by atoms with Crippen molar-refractivity contribution >= 4 is 9.84 Å². The minimum absolute atomic E-state index is 0.0179. The van der Waals surface area contributed by atoms with E-state index in [2.05, 4.69) is 4.84 Å². The predicted molar refractivity (Wildman–Crippen MR) is 53.0 cm³/mol. The third-order valence-corrected chi connectivity index (χ3v) is 4.37. The number of phenolic OH excluding ortho intramolecular Hbond substituents is 1. The predicted octanol–water partition coefficient (Wildman–Crippen LogP) is 0.153. The first-order valence-corrected chi connectivity index (χ1v) is 6.08. The zero-order valence-corrected chi connectivity index (χ0v) is 8.70. The van der Waals surface area contributed by atoms with Crippen LogP contribution < -0.4 is 5.90 Å². The summed E-state index contributed by atoms with van der Waals surface area (Å²) in [5, 5.41) is 9.60. The second kappa shape index (κ2) is 3.48. The lowest BCUT2D eigenvalue weighted by molar-refractivity contribution is 0.127. The molecule has 1 unspecified atom stereocenters. The Morgan fingerprint density at radius 2 is 2.27 bits per heavy atom. The summed E-state index contributed by atoms with van der Waals surface area (Å²) in [6.07, 6.45) is 0. The Labute approximate surface area is 87.3 Å². The summed E-state index contributed by atoms with van der Waals surface area (Å²) in [5.41, 5.74) is 0.419. The Morgan fingerprint density at radius 1 is 1.53 bits per heavy atom. The van der Waals surface area contributed by atoms with E-state index in [9.17, 15) is 13.5 Å². The molecule has 0 saturated carbocycles. The third-order valence-electron chi connectivity index (χ3n) is 2.50. The van der Waals surface area contributed by atoms with Crippen molar-refractivity contribution in [2.45, 2.75) is 10.8 Å². The summed E-state index contributed by atoms with van der Waals surface area (Å²) in [5.74, 6) is 4.47. The molecule has 0 spiro atoms. The van der Waals surface area contributed by atoms with Gasteiger partial charge in [-0.05, 0) is 12.1 Å². The van der Waals surface area contributed by atoms with Crippen LogP contribution in [0.5, 0.6) is 5.75 Å². The van der Waals surface area contributed by atoms with Crippen molar-refractivity contribution in [2.24, 2.45) is 5.90 Å². The average Bonchev–Trinajstić information content (AvgIpc) is 2.41. The van der Waals surface area contributed by atoms with E-state index < -0.39 is 9.84 Å². The molecule has 0 amide bonds. The third kappa shape index (κ3) is 1.60. The smallest absolute Gasteiger partial charge is 0.179 e. The highest BCUT2D eigenvalue weighted by Gasteiger charge is 2.36. The van der Waals surface area contributed by atoms with Crippen LogP contribution in [0.1, 0.15) is 11.5 Å². The maximum atomic E-state index is 11.7. The van der Waals surface area contributed by atoms with E-state index in [0.29, 0.717) is 5.56 Å². The van der Waals surface area contributed by atoms with Crippen molar-refractivity contribution in [3.05, 3.63) is 23.8 Å². The lowest BCUT2D eigenvalue weighted by Gasteiger charge is -2.08. The average molecular weight is 229 g/mol. The van der Waals surface area contributed by atoms with Gasteiger partial charge < -0.3 is 9.94 Å². The van der Waals surface area contributed by atoms with Crippen LogP contribution in [0, 0.1) is 0 Å². The molecule has 0 aliphatic carbocycles. The normalized spacial score (nSPS) is 22.6. The monoisotopic (exact) mass is 229 g/mol. The summed E-state index contributed by atoms with van der Waals surface area (Å²) in [6, 6.07) is 4.46. The van der Waals surface area contributed by atoms with Crippen molar-refractivity contribution in [2.75, 3.05) is 12.4 Å². The van der Waals surface area contributed by atoms with Crippen LogP contribution in [-0.4, -0.2) is 25.9 Å². The zero-order chi connectivity index (χ0) is 11.1. The number of aromatic hydroxyl groups is 1. The zero-order valence-electron chi connectivity index (χ0n) is 7.88. The van der Waals surface area contributed by atoms with E-state index in [-0.39, 0.29) is 28.9 Å². The van der Waals surface area contributed by atoms with Gasteiger partial charge in [0.15, 0.2) is 9.84 Å². The van der Waals surface area contributed by atoms with Gasteiger partial charge in [-0.1, -0.05) is 6.07 Å². The largest absolute Gasteiger partial charge is 0.508 e. The molecule has 0 bridgehead atoms. The first-order chi connectivity index (χ1) is 7.06. The fraction of sp³-hybridized carbons (Fsp3) is 0.333. The Kier molecular flexibility index (Phi) is 2.41. The fourth-order valence-corrected chi connectivity index (χ4v) is 3.76. The Morgan fingerprint density at radius 3 is 2.93 bits per heavy atom. The van der Waals surface area contributed by atoms with Gasteiger partial charge >= 0.3 is 0 Å². The van der Waals surface area contributed by atoms with Gasteiger partial charge in [0, 0.05) is 11.5 Å². The SMILES string of the molecule is NOCC1CS(=O)(=O)c2cccc(O)c21. The van der Waals surface area contributed by atoms with Crippen molar-refractivity contribution < 1.29 is 18.4 Å². The van der Waals surface area contributed by atoms with E-state index in [1.165, 1.54) is 18.2 Å². The molecule has 6 heteroatoms. The number of sulfone groups is 1. The molecule has 1 aliphatic rings. The van der Waals surface area contributed by atoms with Crippen LogP contribution in [0.4, 0.5) is 0 Å². The van der Waals surface area contributed by atoms with E-state index >= 15 is 0 Å². The molecule has 0 fully saturated rings. The van der Waals surface area contributed by atoms with E-state index in [1.807, 2.05) is 0 Å². The maximum Gasteiger partial charge on any atom is 0.179 e. The van der Waals surface area contributed by atoms with Crippen molar-refractivity contribution in [3.8, 4) is 5.75 Å². The summed E-state index contributed by atoms with van der Waals surface area (Å²) in [7, 11) is -3.30. The second-order valence-electron chi connectivity index (χ2n) is 3.50. The van der Waals surface area contributed by atoms with Gasteiger partial charge in [-0.2, -0.15) is 0 Å². The number of phenols is 1. The van der Waals surface area contributed by atoms with Crippen LogP contribution in [-0.2, 0) is 14.7 Å². The molecule has 1 heterocycles. The summed E-state index contributed by atoms with van der Waals surface area (Å²) < 4.78 is 23.4. The van der Waals surface area contributed by atoms with Crippen LogP contribution in [0.25, 0.3) is 0 Å². The number of hydrogen-bond acceptors (Lipinski definition) is 5. The molecular weight excluding hydrogens is 218 g/mol. The van der Waals surface area contributed by atoms with E-state index in [1.54, 1.807) is 0 Å². The maximum absolute atomic E-state index is 11.7. The molecule has 0 saturated heterocycles. The number of nitrogens with two attached hydrogens (primary N) is 1. The topological polar surface area (TPSA) is 89.6 Å². The summed E-state index contributed by atoms with van der Waals surface area (Å²) in [6.45, 7) is 0.0871. The molecule has 15 heavy (non-hydrogen) atoms. The number of hydrogen-bond donors (Lipinski definition) is 2. The highest BCUT2D eigenvalue weighted by Crippen LogP contribution is 2.40. The van der Waals surface area contributed by atoms with E-state index in [4.69, 9.17) is 5.90 Å². The molecule has 1 aliphatic heterocycles. The van der Waals surface area contributed by atoms with Gasteiger partial charge in [0.1, 0.15) is 5.75 Å². The molecule has 5 nitrogen and oxygen atoms in total. The fourth-order valence-electron chi connectivity index (χ4n) is 1.90. The molecule has 0 aromatic heterocycles. The van der Waals surface area contributed by atoms with Crippen molar-refractivity contribution in [3.63, 3.8) is 0 Å². The molecular formula is C9H11NO4S. The molecule has 2 rings (SSSR count). The lowest BCUT2D eigenvalue weighted by Crippen LogP contribution is -2.13.